The van der Waals surface area contributed by atoms with Crippen LogP contribution in [0.5, 0.6) is 5.75 Å². The van der Waals surface area contributed by atoms with Gasteiger partial charge in [-0.2, -0.15) is 8.78 Å². The third kappa shape index (κ3) is 6.23. The van der Waals surface area contributed by atoms with Crippen LogP contribution in [0.15, 0.2) is 61.2 Å². The average molecular weight is 617 g/mol. The Hall–Kier alpha value is -4.14. The first-order valence-corrected chi connectivity index (χ1v) is 14.2. The largest absolute Gasteiger partial charge is 0.432 e. The van der Waals surface area contributed by atoms with Crippen molar-refractivity contribution in [1.29, 1.82) is 0 Å². The van der Waals surface area contributed by atoms with Gasteiger partial charge in [0.1, 0.15) is 46.2 Å². The number of unbranched alkanes of at least 4 members (excludes halogenated alkanes) is 2. The lowest BCUT2D eigenvalue weighted by Gasteiger charge is -2.20. The molecule has 0 fully saturated rings. The number of benzene rings is 4. The molecule has 0 bridgehead atoms. The summed E-state index contributed by atoms with van der Waals surface area (Å²) < 4.78 is 122. The Balaban J connectivity index is 1.41. The Morgan fingerprint density at radius 3 is 1.91 bits per heavy atom. The minimum atomic E-state index is -4.75. The van der Waals surface area contributed by atoms with Crippen LogP contribution in [-0.2, 0) is 19.0 Å². The van der Waals surface area contributed by atoms with Crippen molar-refractivity contribution < 1.29 is 39.9 Å². The summed E-state index contributed by atoms with van der Waals surface area (Å²) in [5.41, 5.74) is -0.914. The molecule has 44 heavy (non-hydrogen) atoms. The Kier molecular flexibility index (Phi) is 8.86. The molecule has 0 spiro atoms. The van der Waals surface area contributed by atoms with E-state index in [0.29, 0.717) is 35.7 Å². The molecule has 0 aliphatic heterocycles. The Morgan fingerprint density at radius 2 is 1.32 bits per heavy atom. The zero-order valence-corrected chi connectivity index (χ0v) is 23.7. The molecule has 0 heterocycles. The van der Waals surface area contributed by atoms with Crippen LogP contribution in [0.1, 0.15) is 54.9 Å². The number of fused-ring (bicyclic) bond motifs is 1. The number of hydrogen-bond donors (Lipinski definition) is 0. The molecule has 5 rings (SSSR count). The molecular weight excluding hydrogens is 588 g/mol. The Bertz CT molecular complexity index is 1660. The average Bonchev–Trinajstić information content (AvgIpc) is 3.34. The highest BCUT2D eigenvalue weighted by Crippen LogP contribution is 2.40. The summed E-state index contributed by atoms with van der Waals surface area (Å²) in [6, 6.07) is 9.11. The molecule has 0 saturated heterocycles. The highest BCUT2D eigenvalue weighted by atomic mass is 19.3. The van der Waals surface area contributed by atoms with Gasteiger partial charge in [0.2, 0.25) is 0 Å². The van der Waals surface area contributed by atoms with Crippen molar-refractivity contribution in [2.45, 2.75) is 51.6 Å². The van der Waals surface area contributed by atoms with Crippen LogP contribution in [0, 0.1) is 40.8 Å². The van der Waals surface area contributed by atoms with Gasteiger partial charge in [0.05, 0.1) is 5.56 Å². The molecular formula is C35H28F8O. The lowest BCUT2D eigenvalue weighted by Crippen LogP contribution is -2.25. The smallest absolute Gasteiger partial charge is 0.429 e. The van der Waals surface area contributed by atoms with Gasteiger partial charge in [0.25, 0.3) is 0 Å². The second-order valence-corrected chi connectivity index (χ2v) is 11.0. The van der Waals surface area contributed by atoms with E-state index in [9.17, 15) is 26.3 Å². The van der Waals surface area contributed by atoms with Gasteiger partial charge < -0.3 is 4.74 Å². The maximum atomic E-state index is 15.3. The fraction of sp³-hybridized carbons (Fsp3) is 0.257. The van der Waals surface area contributed by atoms with Gasteiger partial charge in [0.15, 0.2) is 0 Å². The molecule has 0 amide bonds. The summed E-state index contributed by atoms with van der Waals surface area (Å²) in [6.07, 6.45) is 2.46. The summed E-state index contributed by atoms with van der Waals surface area (Å²) in [7, 11) is 0. The molecule has 1 nitrogen and oxygen atoms in total. The lowest BCUT2D eigenvalue weighted by molar-refractivity contribution is -0.189. The van der Waals surface area contributed by atoms with E-state index in [0.717, 1.165) is 55.9 Å². The van der Waals surface area contributed by atoms with E-state index >= 15 is 8.78 Å². The summed E-state index contributed by atoms with van der Waals surface area (Å²) in [5.74, 6) is -9.18. The second-order valence-electron chi connectivity index (χ2n) is 11.0. The topological polar surface area (TPSA) is 9.23 Å². The van der Waals surface area contributed by atoms with Crippen LogP contribution in [0.25, 0.3) is 28.3 Å². The number of hydrogen-bond acceptors (Lipinski definition) is 1. The fourth-order valence-electron chi connectivity index (χ4n) is 5.80. The maximum Gasteiger partial charge on any atom is 0.432 e. The van der Waals surface area contributed by atoms with Gasteiger partial charge in [-0.05, 0) is 77.3 Å². The Labute approximate surface area is 249 Å². The van der Waals surface area contributed by atoms with Gasteiger partial charge in [-0.1, -0.05) is 57.0 Å². The van der Waals surface area contributed by atoms with E-state index in [4.69, 9.17) is 0 Å². The molecule has 0 radical (unpaired) electrons. The van der Waals surface area contributed by atoms with E-state index in [-0.39, 0.29) is 5.56 Å². The molecule has 1 atom stereocenters. The molecule has 4 aromatic carbocycles. The molecule has 9 heteroatoms. The van der Waals surface area contributed by atoms with Crippen LogP contribution in [0.2, 0.25) is 0 Å². The molecule has 1 unspecified atom stereocenters. The zero-order chi connectivity index (χ0) is 31.8. The van der Waals surface area contributed by atoms with Gasteiger partial charge in [-0.15, -0.1) is 0 Å². The van der Waals surface area contributed by atoms with Gasteiger partial charge in [-0.3, -0.25) is 0 Å². The van der Waals surface area contributed by atoms with Crippen LogP contribution >= 0.6 is 0 Å². The maximum absolute atomic E-state index is 15.3. The van der Waals surface area contributed by atoms with E-state index in [1.54, 1.807) is 6.07 Å². The highest BCUT2D eigenvalue weighted by Gasteiger charge is 2.42. The predicted octanol–water partition coefficient (Wildman–Crippen LogP) is 10.9. The summed E-state index contributed by atoms with van der Waals surface area (Å²) in [5, 5.41) is 0. The minimum Gasteiger partial charge on any atom is -0.429 e. The SMILES string of the molecule is C=Cc1c(F)cc(OC(F)(F)c2c(F)cc(-c3c(F)cc(-c4ccc5c(c4)CC(CCCCC)C5)cc3F)cc2F)cc1F. The third-order valence-corrected chi connectivity index (χ3v) is 7.94. The molecule has 0 N–H and O–H groups in total. The van der Waals surface area contributed by atoms with Gasteiger partial charge in [-0.25, -0.2) is 26.3 Å². The quantitative estimate of drug-likeness (QED) is 0.127. The molecule has 0 saturated carbocycles. The summed E-state index contributed by atoms with van der Waals surface area (Å²) >= 11 is 0. The highest BCUT2D eigenvalue weighted by molar-refractivity contribution is 5.73. The van der Waals surface area contributed by atoms with Crippen LogP contribution in [-0.4, -0.2) is 0 Å². The molecule has 230 valence electrons. The number of alkyl halides is 2. The van der Waals surface area contributed by atoms with E-state index in [1.807, 2.05) is 12.1 Å². The van der Waals surface area contributed by atoms with Crippen molar-refractivity contribution in [1.82, 2.24) is 0 Å². The first-order valence-electron chi connectivity index (χ1n) is 14.2. The van der Waals surface area contributed by atoms with Crippen molar-refractivity contribution in [3.63, 3.8) is 0 Å². The molecule has 1 aliphatic rings. The van der Waals surface area contributed by atoms with Crippen molar-refractivity contribution in [3.8, 4) is 28.0 Å². The number of halogens is 8. The third-order valence-electron chi connectivity index (χ3n) is 7.94. The number of ether oxygens (including phenoxy) is 1. The monoisotopic (exact) mass is 616 g/mol. The van der Waals surface area contributed by atoms with Crippen LogP contribution in [0.3, 0.4) is 0 Å². The van der Waals surface area contributed by atoms with Crippen LogP contribution in [0.4, 0.5) is 35.1 Å². The molecule has 0 aromatic heterocycles. The van der Waals surface area contributed by atoms with Gasteiger partial charge >= 0.3 is 6.11 Å². The van der Waals surface area contributed by atoms with Gasteiger partial charge in [0, 0.05) is 17.7 Å². The normalized spacial score (nSPS) is 14.5. The first kappa shape index (κ1) is 31.3. The first-order chi connectivity index (χ1) is 20.9. The zero-order valence-electron chi connectivity index (χ0n) is 23.7. The Morgan fingerprint density at radius 1 is 0.727 bits per heavy atom. The molecule has 1 aliphatic carbocycles. The van der Waals surface area contributed by atoms with Crippen molar-refractivity contribution in [2.24, 2.45) is 5.92 Å². The van der Waals surface area contributed by atoms with E-state index in [2.05, 4.69) is 18.2 Å². The minimum absolute atomic E-state index is 0.209. The van der Waals surface area contributed by atoms with Crippen LogP contribution < -0.4 is 4.74 Å². The van der Waals surface area contributed by atoms with Crippen molar-refractivity contribution >= 4 is 6.08 Å². The summed E-state index contributed by atoms with van der Waals surface area (Å²) in [6.45, 7) is 5.34. The van der Waals surface area contributed by atoms with Crippen molar-refractivity contribution in [2.75, 3.05) is 0 Å². The van der Waals surface area contributed by atoms with E-state index in [1.165, 1.54) is 12.0 Å². The van der Waals surface area contributed by atoms with E-state index < -0.39 is 69.0 Å². The van der Waals surface area contributed by atoms with Crippen molar-refractivity contribution in [3.05, 3.63) is 118 Å². The standard InChI is InChI=1S/C35H28F8O/c1-3-5-6-7-19-10-20-8-9-21(12-22(20)11-19)23-13-29(38)33(30(39)14-23)24-15-31(40)34(32(41)16-24)35(42,43)44-25-17-27(36)26(4-2)28(37)18-25/h4,8-9,12-19H,2-3,5-7,10-11H2,1H3. The molecule has 4 aromatic rings. The fourth-order valence-corrected chi connectivity index (χ4v) is 5.80. The number of rotatable bonds is 10. The predicted molar refractivity (Wildman–Crippen MR) is 153 cm³/mol. The second kappa shape index (κ2) is 12.5. The summed E-state index contributed by atoms with van der Waals surface area (Å²) in [4.78, 5) is 0. The lowest BCUT2D eigenvalue weighted by atomic mass is 9.96.